The van der Waals surface area contributed by atoms with Crippen LogP contribution in [0, 0.1) is 17.5 Å². The molecule has 0 bridgehead atoms. The number of halogens is 3. The van der Waals surface area contributed by atoms with Gasteiger partial charge in [-0.2, -0.15) is 0 Å². The normalized spacial score (nSPS) is 13.2. The number of carbonyl (C=O) groups is 1. The van der Waals surface area contributed by atoms with Crippen LogP contribution in [-0.2, 0) is 6.54 Å². The molecule has 1 aromatic heterocycles. The molecule has 10 heteroatoms. The summed E-state index contributed by atoms with van der Waals surface area (Å²) in [6, 6.07) is 11.4. The first-order chi connectivity index (χ1) is 17.3. The van der Waals surface area contributed by atoms with Gasteiger partial charge in [-0.25, -0.2) is 13.2 Å². The maximum atomic E-state index is 14.2. The Morgan fingerprint density at radius 3 is 2.31 bits per heavy atom. The van der Waals surface area contributed by atoms with Gasteiger partial charge >= 0.3 is 7.12 Å². The number of hydrogen-bond donors (Lipinski definition) is 4. The molecule has 0 spiro atoms. The minimum absolute atomic E-state index is 0.0642. The van der Waals surface area contributed by atoms with Crippen LogP contribution in [0.25, 0.3) is 22.3 Å². The van der Waals surface area contributed by atoms with Gasteiger partial charge in [0.1, 0.15) is 28.8 Å². The second-order valence-corrected chi connectivity index (χ2v) is 8.80. The number of nitrogens with one attached hydrogen (secondary N) is 2. The number of anilines is 1. The average molecular weight is 494 g/mol. The van der Waals surface area contributed by atoms with Gasteiger partial charge in [0.25, 0.3) is 5.91 Å². The third kappa shape index (κ3) is 4.45. The number of furan rings is 1. The highest BCUT2D eigenvalue weighted by molar-refractivity contribution is 6.58. The Bertz CT molecular complexity index is 1440. The van der Waals surface area contributed by atoms with Crippen molar-refractivity contribution in [3.05, 3.63) is 82.7 Å². The maximum absolute atomic E-state index is 14.2. The molecule has 1 saturated carbocycles. The Morgan fingerprint density at radius 1 is 1.06 bits per heavy atom. The van der Waals surface area contributed by atoms with Crippen molar-refractivity contribution >= 4 is 35.1 Å². The molecule has 0 unspecified atom stereocenters. The fraction of sp³-hybridized carbons (Fsp3) is 0.192. The van der Waals surface area contributed by atoms with Crippen LogP contribution in [0.4, 0.5) is 18.9 Å². The molecule has 0 aliphatic heterocycles. The van der Waals surface area contributed by atoms with Crippen molar-refractivity contribution in [3.63, 3.8) is 0 Å². The van der Waals surface area contributed by atoms with Crippen LogP contribution < -0.4 is 16.1 Å². The van der Waals surface area contributed by atoms with E-state index in [4.69, 9.17) is 14.5 Å². The molecule has 4 aromatic rings. The zero-order valence-corrected chi connectivity index (χ0v) is 19.2. The van der Waals surface area contributed by atoms with E-state index in [2.05, 4.69) is 10.6 Å². The molecule has 5 rings (SSSR count). The molecule has 0 radical (unpaired) electrons. The average Bonchev–Trinajstić information content (AvgIpc) is 3.62. The Hall–Kier alpha value is -3.76. The monoisotopic (exact) mass is 494 g/mol. The summed E-state index contributed by atoms with van der Waals surface area (Å²) in [6.07, 6.45) is 1.93. The van der Waals surface area contributed by atoms with E-state index in [1.165, 1.54) is 31.3 Å². The Kier molecular flexibility index (Phi) is 6.23. The summed E-state index contributed by atoms with van der Waals surface area (Å²) in [6.45, 7) is 0.0642. The SMILES string of the molecule is CNC(=O)c1c(-c2ccc(F)cc2)oc2cc(NCc3cc(F)c(B(O)O)c(F)c3)c(C3CC3)cc12. The molecule has 3 aromatic carbocycles. The summed E-state index contributed by atoms with van der Waals surface area (Å²) in [4.78, 5) is 12.8. The van der Waals surface area contributed by atoms with Gasteiger partial charge in [-0.15, -0.1) is 0 Å². The predicted molar refractivity (Wildman–Crippen MR) is 130 cm³/mol. The lowest BCUT2D eigenvalue weighted by Gasteiger charge is -2.13. The molecule has 1 amide bonds. The van der Waals surface area contributed by atoms with Crippen molar-refractivity contribution in [2.75, 3.05) is 12.4 Å². The van der Waals surface area contributed by atoms with Crippen LogP contribution in [0.2, 0.25) is 0 Å². The zero-order valence-electron chi connectivity index (χ0n) is 19.2. The molecule has 184 valence electrons. The largest absolute Gasteiger partial charge is 0.494 e. The Morgan fingerprint density at radius 2 is 1.72 bits per heavy atom. The zero-order chi connectivity index (χ0) is 25.6. The van der Waals surface area contributed by atoms with Crippen LogP contribution >= 0.6 is 0 Å². The van der Waals surface area contributed by atoms with Gasteiger partial charge in [0.2, 0.25) is 0 Å². The fourth-order valence-corrected chi connectivity index (χ4v) is 4.38. The van der Waals surface area contributed by atoms with Crippen molar-refractivity contribution in [2.24, 2.45) is 0 Å². The minimum Gasteiger partial charge on any atom is -0.455 e. The quantitative estimate of drug-likeness (QED) is 0.291. The van der Waals surface area contributed by atoms with E-state index < -0.39 is 30.0 Å². The molecule has 4 N–H and O–H groups in total. The molecule has 1 heterocycles. The highest BCUT2D eigenvalue weighted by Crippen LogP contribution is 2.46. The highest BCUT2D eigenvalue weighted by Gasteiger charge is 2.30. The second kappa shape index (κ2) is 9.36. The second-order valence-electron chi connectivity index (χ2n) is 8.80. The molecule has 1 aliphatic rings. The molecule has 6 nitrogen and oxygen atoms in total. The van der Waals surface area contributed by atoms with Crippen molar-refractivity contribution in [1.82, 2.24) is 5.32 Å². The standard InChI is InChI=1S/C26H22BF3N2O4/c1-31-26(33)23-18-10-17(14-2-3-14)21(11-22(18)36-25(23)15-4-6-16(28)7-5-15)32-12-13-8-19(29)24(27(34)35)20(30)9-13/h4-11,14,32,34-35H,2-3,12H2,1H3,(H,31,33). The van der Waals surface area contributed by atoms with Gasteiger partial charge in [0.15, 0.2) is 0 Å². The van der Waals surface area contributed by atoms with Crippen LogP contribution in [-0.4, -0.2) is 30.1 Å². The first-order valence-corrected chi connectivity index (χ1v) is 11.4. The van der Waals surface area contributed by atoms with E-state index in [1.54, 1.807) is 6.07 Å². The molecule has 1 fully saturated rings. The predicted octanol–water partition coefficient (Wildman–Crippen LogP) is 4.05. The van der Waals surface area contributed by atoms with Crippen LogP contribution in [0.5, 0.6) is 0 Å². The van der Waals surface area contributed by atoms with Crippen molar-refractivity contribution in [2.45, 2.75) is 25.3 Å². The van der Waals surface area contributed by atoms with Crippen LogP contribution in [0.15, 0.2) is 52.9 Å². The van der Waals surface area contributed by atoms with E-state index >= 15 is 0 Å². The number of fused-ring (bicyclic) bond motifs is 1. The van der Waals surface area contributed by atoms with E-state index in [9.17, 15) is 18.0 Å². The molecule has 36 heavy (non-hydrogen) atoms. The van der Waals surface area contributed by atoms with E-state index in [0.717, 1.165) is 30.5 Å². The minimum atomic E-state index is -2.25. The van der Waals surface area contributed by atoms with Gasteiger partial charge in [-0.1, -0.05) is 0 Å². The topological polar surface area (TPSA) is 94.7 Å². The number of hydrogen-bond acceptors (Lipinski definition) is 5. The van der Waals surface area contributed by atoms with E-state index in [-0.39, 0.29) is 23.9 Å². The molecular weight excluding hydrogens is 472 g/mol. The number of carbonyl (C=O) groups excluding carboxylic acids is 1. The third-order valence-corrected chi connectivity index (χ3v) is 6.32. The first-order valence-electron chi connectivity index (χ1n) is 11.4. The van der Waals surface area contributed by atoms with Crippen LogP contribution in [0.1, 0.15) is 40.2 Å². The summed E-state index contributed by atoms with van der Waals surface area (Å²) in [5, 5.41) is 24.8. The molecule has 1 aliphatic carbocycles. The lowest BCUT2D eigenvalue weighted by molar-refractivity contribution is 0.0964. The first kappa shape index (κ1) is 24.0. The van der Waals surface area contributed by atoms with Gasteiger partial charge in [-0.3, -0.25) is 4.79 Å². The summed E-state index contributed by atoms with van der Waals surface area (Å²) >= 11 is 0. The Balaban J connectivity index is 1.56. The van der Waals surface area contributed by atoms with E-state index in [1.807, 2.05) is 6.07 Å². The highest BCUT2D eigenvalue weighted by atomic mass is 19.1. The van der Waals surface area contributed by atoms with Gasteiger partial charge < -0.3 is 25.1 Å². The van der Waals surface area contributed by atoms with Crippen LogP contribution in [0.3, 0.4) is 0 Å². The third-order valence-electron chi connectivity index (χ3n) is 6.32. The number of rotatable bonds is 7. The van der Waals surface area contributed by atoms with Gasteiger partial charge in [0.05, 0.1) is 11.0 Å². The summed E-state index contributed by atoms with van der Waals surface area (Å²) < 4.78 is 47.9. The smallest absolute Gasteiger partial charge is 0.455 e. The Labute approximate surface area is 204 Å². The lowest BCUT2D eigenvalue weighted by Crippen LogP contribution is -2.36. The number of amides is 1. The molecule has 0 saturated heterocycles. The van der Waals surface area contributed by atoms with Crippen molar-refractivity contribution < 1.29 is 32.4 Å². The van der Waals surface area contributed by atoms with Gasteiger partial charge in [-0.05, 0) is 72.4 Å². The van der Waals surface area contributed by atoms with E-state index in [0.29, 0.717) is 33.5 Å². The summed E-state index contributed by atoms with van der Waals surface area (Å²) in [5.74, 6) is -2.28. The summed E-state index contributed by atoms with van der Waals surface area (Å²) in [7, 11) is -0.730. The van der Waals surface area contributed by atoms with Gasteiger partial charge in [0, 0.05) is 36.3 Å². The molecule has 0 atom stereocenters. The summed E-state index contributed by atoms with van der Waals surface area (Å²) in [5.41, 5.74) is 2.43. The van der Waals surface area contributed by atoms with Crippen molar-refractivity contribution in [3.8, 4) is 11.3 Å². The van der Waals surface area contributed by atoms with Crippen molar-refractivity contribution in [1.29, 1.82) is 0 Å². The lowest BCUT2D eigenvalue weighted by atomic mass is 9.79. The fourth-order valence-electron chi connectivity index (χ4n) is 4.38. The molecular formula is C26H22BF3N2O4. The number of benzene rings is 3. The maximum Gasteiger partial charge on any atom is 0.494 e.